The van der Waals surface area contributed by atoms with E-state index in [-0.39, 0.29) is 12.5 Å². The third kappa shape index (κ3) is 2.32. The Labute approximate surface area is 95.0 Å². The molecule has 5 nitrogen and oxygen atoms in total. The van der Waals surface area contributed by atoms with Gasteiger partial charge in [-0.15, -0.1) is 0 Å². The Balaban J connectivity index is 2.54. The van der Waals surface area contributed by atoms with E-state index in [1.54, 1.807) is 6.92 Å². The number of carbonyl (C=O) groups excluding carboxylic acids is 2. The summed E-state index contributed by atoms with van der Waals surface area (Å²) in [5, 5.41) is 8.98. The SMILES string of the molecule is CCOC(=O)CN(C)C(=O)C1(C#N)CCC1. The van der Waals surface area contributed by atoms with Crippen molar-refractivity contribution in [2.24, 2.45) is 5.41 Å². The van der Waals surface area contributed by atoms with E-state index in [4.69, 9.17) is 10.00 Å². The molecule has 0 spiro atoms. The molecular formula is C11H16N2O3. The van der Waals surface area contributed by atoms with Gasteiger partial charge in [0.05, 0.1) is 12.7 Å². The molecule has 5 heteroatoms. The van der Waals surface area contributed by atoms with Crippen molar-refractivity contribution in [2.45, 2.75) is 26.2 Å². The summed E-state index contributed by atoms with van der Waals surface area (Å²) in [5.41, 5.74) is -0.888. The molecule has 16 heavy (non-hydrogen) atoms. The van der Waals surface area contributed by atoms with Crippen LogP contribution in [0.4, 0.5) is 0 Å². The second-order valence-electron chi connectivity index (χ2n) is 4.01. The summed E-state index contributed by atoms with van der Waals surface area (Å²) in [7, 11) is 1.52. The van der Waals surface area contributed by atoms with E-state index in [9.17, 15) is 9.59 Å². The average Bonchev–Trinajstić information content (AvgIpc) is 2.16. The number of hydrogen-bond acceptors (Lipinski definition) is 4. The van der Waals surface area contributed by atoms with Gasteiger partial charge >= 0.3 is 5.97 Å². The van der Waals surface area contributed by atoms with Gasteiger partial charge in [0.25, 0.3) is 0 Å². The van der Waals surface area contributed by atoms with Crippen molar-refractivity contribution in [2.75, 3.05) is 20.2 Å². The summed E-state index contributed by atoms with van der Waals surface area (Å²) < 4.78 is 4.74. The molecule has 0 aromatic heterocycles. The second-order valence-corrected chi connectivity index (χ2v) is 4.01. The molecule has 0 heterocycles. The Bertz CT molecular complexity index is 329. The first kappa shape index (κ1) is 12.5. The maximum absolute atomic E-state index is 11.9. The number of hydrogen-bond donors (Lipinski definition) is 0. The summed E-state index contributed by atoms with van der Waals surface area (Å²) in [4.78, 5) is 24.4. The van der Waals surface area contributed by atoms with Crippen LogP contribution in [0, 0.1) is 16.7 Å². The highest BCUT2D eigenvalue weighted by molar-refractivity contribution is 5.89. The molecule has 1 rings (SSSR count). The van der Waals surface area contributed by atoms with Crippen molar-refractivity contribution in [1.82, 2.24) is 4.90 Å². The first-order valence-electron chi connectivity index (χ1n) is 5.38. The highest BCUT2D eigenvalue weighted by Crippen LogP contribution is 2.41. The maximum Gasteiger partial charge on any atom is 0.325 e. The normalized spacial score (nSPS) is 16.8. The van der Waals surface area contributed by atoms with Gasteiger partial charge in [-0.2, -0.15) is 5.26 Å². The van der Waals surface area contributed by atoms with Crippen molar-refractivity contribution >= 4 is 11.9 Å². The third-order valence-electron chi connectivity index (χ3n) is 2.85. The number of likely N-dealkylation sites (N-methyl/N-ethyl adjacent to an activating group) is 1. The van der Waals surface area contributed by atoms with E-state index in [0.717, 1.165) is 6.42 Å². The van der Waals surface area contributed by atoms with Crippen molar-refractivity contribution in [3.8, 4) is 6.07 Å². The average molecular weight is 224 g/mol. The fourth-order valence-corrected chi connectivity index (χ4v) is 1.74. The summed E-state index contributed by atoms with van der Waals surface area (Å²) in [6.07, 6.45) is 2.08. The van der Waals surface area contributed by atoms with Gasteiger partial charge < -0.3 is 9.64 Å². The zero-order valence-electron chi connectivity index (χ0n) is 9.65. The van der Waals surface area contributed by atoms with Crippen LogP contribution >= 0.6 is 0 Å². The molecule has 0 unspecified atom stereocenters. The molecule has 1 amide bonds. The van der Waals surface area contributed by atoms with E-state index in [2.05, 4.69) is 6.07 Å². The Morgan fingerprint density at radius 2 is 2.12 bits per heavy atom. The molecule has 0 aromatic carbocycles. The van der Waals surface area contributed by atoms with Crippen LogP contribution in [-0.4, -0.2) is 37.0 Å². The largest absolute Gasteiger partial charge is 0.465 e. The van der Waals surface area contributed by atoms with Crippen LogP contribution in [0.3, 0.4) is 0 Å². The number of carbonyl (C=O) groups is 2. The lowest BCUT2D eigenvalue weighted by molar-refractivity contribution is -0.152. The van der Waals surface area contributed by atoms with Crippen LogP contribution in [0.2, 0.25) is 0 Å². The Morgan fingerprint density at radius 3 is 2.50 bits per heavy atom. The molecule has 88 valence electrons. The molecule has 0 atom stereocenters. The second kappa shape index (κ2) is 4.97. The van der Waals surface area contributed by atoms with E-state index in [1.165, 1.54) is 11.9 Å². The standard InChI is InChI=1S/C11H16N2O3/c1-3-16-9(14)7-13(2)10(15)11(8-12)5-4-6-11/h3-7H2,1-2H3. The summed E-state index contributed by atoms with van der Waals surface area (Å²) >= 11 is 0. The molecule has 0 bridgehead atoms. The van der Waals surface area contributed by atoms with E-state index in [0.29, 0.717) is 19.4 Å². The van der Waals surface area contributed by atoms with Crippen LogP contribution in [0.25, 0.3) is 0 Å². The van der Waals surface area contributed by atoms with Gasteiger partial charge in [-0.1, -0.05) is 0 Å². The predicted molar refractivity (Wildman–Crippen MR) is 56.2 cm³/mol. The number of ether oxygens (including phenoxy) is 1. The van der Waals surface area contributed by atoms with Crippen molar-refractivity contribution in [3.05, 3.63) is 0 Å². The Kier molecular flexibility index (Phi) is 3.88. The lowest BCUT2D eigenvalue weighted by atomic mass is 9.69. The summed E-state index contributed by atoms with van der Waals surface area (Å²) in [5.74, 6) is -0.708. The minimum absolute atomic E-state index is 0.0872. The lowest BCUT2D eigenvalue weighted by Crippen LogP contribution is -2.47. The first-order chi connectivity index (χ1) is 7.55. The zero-order chi connectivity index (χ0) is 12.2. The molecule has 1 aliphatic carbocycles. The quantitative estimate of drug-likeness (QED) is 0.659. The lowest BCUT2D eigenvalue weighted by Gasteiger charge is -2.36. The number of nitriles is 1. The Morgan fingerprint density at radius 1 is 1.50 bits per heavy atom. The van der Waals surface area contributed by atoms with Gasteiger partial charge in [0.2, 0.25) is 5.91 Å². The van der Waals surface area contributed by atoms with Crippen LogP contribution in [0.15, 0.2) is 0 Å². The highest BCUT2D eigenvalue weighted by atomic mass is 16.5. The fourth-order valence-electron chi connectivity index (χ4n) is 1.74. The highest BCUT2D eigenvalue weighted by Gasteiger charge is 2.46. The van der Waals surface area contributed by atoms with Crippen molar-refractivity contribution in [1.29, 1.82) is 5.26 Å². The van der Waals surface area contributed by atoms with Gasteiger partial charge in [-0.05, 0) is 26.2 Å². The van der Waals surface area contributed by atoms with Crippen LogP contribution in [0.1, 0.15) is 26.2 Å². The van der Waals surface area contributed by atoms with Gasteiger partial charge in [0, 0.05) is 7.05 Å². The molecule has 1 saturated carbocycles. The Hall–Kier alpha value is -1.57. The van der Waals surface area contributed by atoms with Gasteiger partial charge in [0.15, 0.2) is 0 Å². The molecular weight excluding hydrogens is 208 g/mol. The molecule has 0 N–H and O–H groups in total. The van der Waals surface area contributed by atoms with E-state index in [1.807, 2.05) is 0 Å². The minimum atomic E-state index is -0.888. The molecule has 0 saturated heterocycles. The first-order valence-corrected chi connectivity index (χ1v) is 5.38. The molecule has 1 fully saturated rings. The van der Waals surface area contributed by atoms with Crippen LogP contribution in [-0.2, 0) is 14.3 Å². The molecule has 0 radical (unpaired) electrons. The molecule has 0 aliphatic heterocycles. The third-order valence-corrected chi connectivity index (χ3v) is 2.85. The van der Waals surface area contributed by atoms with Gasteiger partial charge in [0.1, 0.15) is 12.0 Å². The van der Waals surface area contributed by atoms with Crippen LogP contribution in [0.5, 0.6) is 0 Å². The predicted octanol–water partition coefficient (Wildman–Crippen LogP) is 0.702. The van der Waals surface area contributed by atoms with E-state index >= 15 is 0 Å². The smallest absolute Gasteiger partial charge is 0.325 e. The van der Waals surface area contributed by atoms with Crippen molar-refractivity contribution < 1.29 is 14.3 Å². The van der Waals surface area contributed by atoms with E-state index < -0.39 is 11.4 Å². The monoisotopic (exact) mass is 224 g/mol. The summed E-state index contributed by atoms with van der Waals surface area (Å²) in [6, 6.07) is 2.06. The number of nitrogens with zero attached hydrogens (tertiary/aromatic N) is 2. The zero-order valence-corrected chi connectivity index (χ0v) is 9.65. The molecule has 1 aliphatic rings. The topological polar surface area (TPSA) is 70.4 Å². The number of esters is 1. The van der Waals surface area contributed by atoms with Crippen LogP contribution < -0.4 is 0 Å². The number of amides is 1. The minimum Gasteiger partial charge on any atom is -0.465 e. The number of rotatable bonds is 4. The fraction of sp³-hybridized carbons (Fsp3) is 0.727. The van der Waals surface area contributed by atoms with Gasteiger partial charge in [-0.25, -0.2) is 0 Å². The van der Waals surface area contributed by atoms with Crippen molar-refractivity contribution in [3.63, 3.8) is 0 Å². The van der Waals surface area contributed by atoms with Gasteiger partial charge in [-0.3, -0.25) is 9.59 Å². The molecule has 0 aromatic rings. The maximum atomic E-state index is 11.9. The summed E-state index contributed by atoms with van der Waals surface area (Å²) in [6.45, 7) is 1.92.